The van der Waals surface area contributed by atoms with E-state index < -0.39 is 0 Å². The summed E-state index contributed by atoms with van der Waals surface area (Å²) in [5.41, 5.74) is 6.39. The summed E-state index contributed by atoms with van der Waals surface area (Å²) < 4.78 is 0. The number of thiocarbonyl (C=S) groups is 1. The maximum atomic E-state index is 11.7. The van der Waals surface area contributed by atoms with Gasteiger partial charge in [0.05, 0.1) is 0 Å². The smallest absolute Gasteiger partial charge is 0.269 e. The summed E-state index contributed by atoms with van der Waals surface area (Å²) in [6.07, 6.45) is 0.327. The predicted molar refractivity (Wildman–Crippen MR) is 72.8 cm³/mol. The number of rotatable bonds is 2. The molecular formula is C12H15N3O2S. The summed E-state index contributed by atoms with van der Waals surface area (Å²) in [4.78, 5) is 22.7. The quantitative estimate of drug-likeness (QED) is 0.552. The van der Waals surface area contributed by atoms with E-state index in [2.05, 4.69) is 16.2 Å². The zero-order valence-corrected chi connectivity index (χ0v) is 11.1. The van der Waals surface area contributed by atoms with Gasteiger partial charge in [-0.25, -0.2) is 0 Å². The van der Waals surface area contributed by atoms with Crippen LogP contribution in [-0.4, -0.2) is 16.9 Å². The normalized spacial score (nSPS) is 9.44. The van der Waals surface area contributed by atoms with Crippen LogP contribution in [0.4, 0.5) is 0 Å². The first-order chi connectivity index (χ1) is 8.52. The monoisotopic (exact) mass is 265 g/mol. The lowest BCUT2D eigenvalue weighted by atomic mass is 10.1. The number of hydrogen-bond donors (Lipinski definition) is 3. The SMILES string of the molecule is CCC(=O)NC(=S)NNC(=O)c1cccc(C)c1. The average Bonchev–Trinajstić information content (AvgIpc) is 2.35. The molecule has 0 atom stereocenters. The van der Waals surface area contributed by atoms with Crippen LogP contribution in [0.25, 0.3) is 0 Å². The first kappa shape index (κ1) is 14.1. The van der Waals surface area contributed by atoms with Crippen molar-refractivity contribution in [3.8, 4) is 0 Å². The Morgan fingerprint density at radius 2 is 2.00 bits per heavy atom. The van der Waals surface area contributed by atoms with E-state index >= 15 is 0 Å². The lowest BCUT2D eigenvalue weighted by Gasteiger charge is -2.10. The minimum Gasteiger partial charge on any atom is -0.302 e. The van der Waals surface area contributed by atoms with Gasteiger partial charge in [0, 0.05) is 12.0 Å². The van der Waals surface area contributed by atoms with Crippen molar-refractivity contribution in [1.29, 1.82) is 0 Å². The molecule has 0 aliphatic heterocycles. The molecule has 96 valence electrons. The second-order valence-electron chi connectivity index (χ2n) is 3.68. The molecule has 0 aromatic heterocycles. The van der Waals surface area contributed by atoms with Crippen LogP contribution in [0.2, 0.25) is 0 Å². The number of hydrazine groups is 1. The number of benzene rings is 1. The fraction of sp³-hybridized carbons (Fsp3) is 0.250. The highest BCUT2D eigenvalue weighted by Crippen LogP contribution is 2.02. The molecule has 0 aliphatic carbocycles. The lowest BCUT2D eigenvalue weighted by molar-refractivity contribution is -0.119. The van der Waals surface area contributed by atoms with E-state index in [9.17, 15) is 9.59 Å². The van der Waals surface area contributed by atoms with Crippen molar-refractivity contribution >= 4 is 29.1 Å². The number of hydrogen-bond acceptors (Lipinski definition) is 3. The number of aryl methyl sites for hydroxylation is 1. The molecule has 0 fully saturated rings. The van der Waals surface area contributed by atoms with Gasteiger partial charge in [0.2, 0.25) is 5.91 Å². The summed E-state index contributed by atoms with van der Waals surface area (Å²) in [6.45, 7) is 3.61. The Labute approximate surface area is 111 Å². The van der Waals surface area contributed by atoms with E-state index in [4.69, 9.17) is 12.2 Å². The van der Waals surface area contributed by atoms with E-state index in [1.807, 2.05) is 13.0 Å². The molecule has 1 rings (SSSR count). The molecule has 18 heavy (non-hydrogen) atoms. The molecular weight excluding hydrogens is 250 g/mol. The molecule has 1 aromatic carbocycles. The van der Waals surface area contributed by atoms with Gasteiger partial charge in [-0.2, -0.15) is 0 Å². The third-order valence-corrected chi connectivity index (χ3v) is 2.35. The fourth-order valence-electron chi connectivity index (χ4n) is 1.22. The van der Waals surface area contributed by atoms with E-state index in [1.165, 1.54) is 0 Å². The molecule has 0 saturated heterocycles. The molecule has 0 radical (unpaired) electrons. The Hall–Kier alpha value is -1.95. The van der Waals surface area contributed by atoms with Crippen LogP contribution >= 0.6 is 12.2 Å². The van der Waals surface area contributed by atoms with Crippen molar-refractivity contribution < 1.29 is 9.59 Å². The van der Waals surface area contributed by atoms with Gasteiger partial charge in [-0.05, 0) is 31.3 Å². The summed E-state index contributed by atoms with van der Waals surface area (Å²) in [6, 6.07) is 7.14. The Balaban J connectivity index is 2.46. The first-order valence-electron chi connectivity index (χ1n) is 5.49. The lowest BCUT2D eigenvalue weighted by Crippen LogP contribution is -2.48. The molecule has 1 aromatic rings. The molecule has 0 saturated carbocycles. The molecule has 0 aliphatic rings. The molecule has 0 bridgehead atoms. The van der Waals surface area contributed by atoms with E-state index in [0.717, 1.165) is 5.56 Å². The van der Waals surface area contributed by atoms with Crippen LogP contribution < -0.4 is 16.2 Å². The molecule has 0 unspecified atom stereocenters. The van der Waals surface area contributed by atoms with E-state index in [0.29, 0.717) is 12.0 Å². The number of carbonyl (C=O) groups excluding carboxylic acids is 2. The van der Waals surface area contributed by atoms with Gasteiger partial charge in [-0.15, -0.1) is 0 Å². The van der Waals surface area contributed by atoms with Crippen molar-refractivity contribution in [3.63, 3.8) is 0 Å². The van der Waals surface area contributed by atoms with Crippen LogP contribution in [0.3, 0.4) is 0 Å². The van der Waals surface area contributed by atoms with Crippen molar-refractivity contribution in [2.24, 2.45) is 0 Å². The number of nitrogens with one attached hydrogen (secondary N) is 3. The molecule has 6 heteroatoms. The Morgan fingerprint density at radius 1 is 1.28 bits per heavy atom. The largest absolute Gasteiger partial charge is 0.302 e. The van der Waals surface area contributed by atoms with Crippen LogP contribution in [-0.2, 0) is 4.79 Å². The standard InChI is InChI=1S/C12H15N3O2S/c1-3-10(16)13-12(18)15-14-11(17)9-6-4-5-8(2)7-9/h4-7H,3H2,1-2H3,(H,14,17)(H2,13,15,16,18). The number of amides is 2. The highest BCUT2D eigenvalue weighted by molar-refractivity contribution is 7.80. The van der Waals surface area contributed by atoms with Gasteiger partial charge < -0.3 is 5.32 Å². The molecule has 2 amide bonds. The Morgan fingerprint density at radius 3 is 2.61 bits per heavy atom. The fourth-order valence-corrected chi connectivity index (χ4v) is 1.38. The highest BCUT2D eigenvalue weighted by atomic mass is 32.1. The van der Waals surface area contributed by atoms with Crippen molar-refractivity contribution in [1.82, 2.24) is 16.2 Å². The predicted octanol–water partition coefficient (Wildman–Crippen LogP) is 1.04. The van der Waals surface area contributed by atoms with Crippen LogP contribution in [0, 0.1) is 6.92 Å². The summed E-state index contributed by atoms with van der Waals surface area (Å²) in [5, 5.41) is 2.49. The van der Waals surface area contributed by atoms with Crippen molar-refractivity contribution in [2.45, 2.75) is 20.3 Å². The molecule has 0 spiro atoms. The Kier molecular flexibility index (Phi) is 5.26. The maximum Gasteiger partial charge on any atom is 0.269 e. The van der Waals surface area contributed by atoms with Crippen LogP contribution in [0.5, 0.6) is 0 Å². The topological polar surface area (TPSA) is 70.2 Å². The second-order valence-corrected chi connectivity index (χ2v) is 4.09. The number of carbonyl (C=O) groups is 2. The van der Waals surface area contributed by atoms with Gasteiger partial charge in [-0.3, -0.25) is 20.4 Å². The van der Waals surface area contributed by atoms with Crippen LogP contribution in [0.15, 0.2) is 24.3 Å². The third-order valence-electron chi connectivity index (χ3n) is 2.14. The summed E-state index contributed by atoms with van der Waals surface area (Å²) in [7, 11) is 0. The summed E-state index contributed by atoms with van der Waals surface area (Å²) >= 11 is 4.83. The third kappa shape index (κ3) is 4.50. The zero-order chi connectivity index (χ0) is 13.5. The maximum absolute atomic E-state index is 11.7. The highest BCUT2D eigenvalue weighted by Gasteiger charge is 2.06. The molecule has 0 heterocycles. The van der Waals surface area contributed by atoms with E-state index in [1.54, 1.807) is 25.1 Å². The zero-order valence-electron chi connectivity index (χ0n) is 10.2. The van der Waals surface area contributed by atoms with Gasteiger partial charge in [-0.1, -0.05) is 24.6 Å². The minimum absolute atomic E-state index is 0.0721. The first-order valence-corrected chi connectivity index (χ1v) is 5.90. The van der Waals surface area contributed by atoms with Crippen LogP contribution in [0.1, 0.15) is 29.3 Å². The molecule has 3 N–H and O–H groups in total. The van der Waals surface area contributed by atoms with Gasteiger partial charge >= 0.3 is 0 Å². The van der Waals surface area contributed by atoms with E-state index in [-0.39, 0.29) is 16.9 Å². The average molecular weight is 265 g/mol. The van der Waals surface area contributed by atoms with Crippen molar-refractivity contribution in [3.05, 3.63) is 35.4 Å². The van der Waals surface area contributed by atoms with Crippen molar-refractivity contribution in [2.75, 3.05) is 0 Å². The second kappa shape index (κ2) is 6.70. The minimum atomic E-state index is -0.313. The van der Waals surface area contributed by atoms with Gasteiger partial charge in [0.1, 0.15) is 0 Å². The summed E-state index contributed by atoms with van der Waals surface area (Å²) in [5.74, 6) is -0.524. The van der Waals surface area contributed by atoms with Gasteiger partial charge in [0.25, 0.3) is 5.91 Å². The van der Waals surface area contributed by atoms with Gasteiger partial charge in [0.15, 0.2) is 5.11 Å². The Bertz CT molecular complexity index is 474. The molecule has 5 nitrogen and oxygen atoms in total.